The van der Waals surface area contributed by atoms with Gasteiger partial charge in [0.2, 0.25) is 0 Å². The molecule has 2 aromatic carbocycles. The summed E-state index contributed by atoms with van der Waals surface area (Å²) >= 11 is 6.70. The lowest BCUT2D eigenvalue weighted by atomic mass is 10.1. The lowest BCUT2D eigenvalue weighted by Crippen LogP contribution is -2.22. The van der Waals surface area contributed by atoms with Crippen molar-refractivity contribution in [2.75, 3.05) is 13.2 Å². The van der Waals surface area contributed by atoms with Crippen LogP contribution in [0.1, 0.15) is 29.8 Å². The Morgan fingerprint density at radius 2 is 1.57 bits per heavy atom. The van der Waals surface area contributed by atoms with Crippen molar-refractivity contribution in [1.82, 2.24) is 0 Å². The molecule has 122 valence electrons. The largest absolute Gasteiger partial charge is 0.344 e. The van der Waals surface area contributed by atoms with Gasteiger partial charge in [-0.05, 0) is 38.1 Å². The molecular formula is C18H18Br2O3. The number of hydrogen-bond acceptors (Lipinski definition) is 3. The molecule has 1 aliphatic heterocycles. The minimum Gasteiger partial charge on any atom is -0.344 e. The zero-order valence-corrected chi connectivity index (χ0v) is 16.2. The molecule has 0 saturated carbocycles. The van der Waals surface area contributed by atoms with E-state index in [2.05, 4.69) is 31.9 Å². The number of carbonyl (C=O) groups is 1. The minimum atomic E-state index is -0.552. The fourth-order valence-corrected chi connectivity index (χ4v) is 2.96. The lowest BCUT2D eigenvalue weighted by molar-refractivity contribution is -0.149. The maximum atomic E-state index is 10.8. The maximum absolute atomic E-state index is 10.8. The molecule has 1 heterocycles. The molecule has 0 aliphatic carbocycles. The molecular weight excluding hydrogens is 424 g/mol. The van der Waals surface area contributed by atoms with Crippen molar-refractivity contribution in [3.8, 4) is 0 Å². The number of halogens is 2. The van der Waals surface area contributed by atoms with Gasteiger partial charge in [0, 0.05) is 20.1 Å². The van der Waals surface area contributed by atoms with Crippen LogP contribution in [-0.2, 0) is 15.3 Å². The summed E-state index contributed by atoms with van der Waals surface area (Å²) in [5.41, 5.74) is 1.80. The van der Waals surface area contributed by atoms with Crippen LogP contribution in [0.4, 0.5) is 0 Å². The third kappa shape index (κ3) is 5.24. The van der Waals surface area contributed by atoms with Gasteiger partial charge in [-0.2, -0.15) is 0 Å². The van der Waals surface area contributed by atoms with Crippen LogP contribution >= 0.6 is 31.9 Å². The summed E-state index contributed by atoms with van der Waals surface area (Å²) in [6.07, 6.45) is 0. The Labute approximate surface area is 153 Å². The molecule has 0 amide bonds. The fraction of sp³-hybridized carbons (Fsp3) is 0.278. The van der Waals surface area contributed by atoms with Crippen LogP contribution in [0.2, 0.25) is 0 Å². The summed E-state index contributed by atoms with van der Waals surface area (Å²) < 4.78 is 13.1. The Morgan fingerprint density at radius 3 is 2.04 bits per heavy atom. The highest BCUT2D eigenvalue weighted by atomic mass is 79.9. The van der Waals surface area contributed by atoms with Crippen molar-refractivity contribution in [2.24, 2.45) is 0 Å². The first-order chi connectivity index (χ1) is 10.9. The molecule has 0 bridgehead atoms. The van der Waals surface area contributed by atoms with Crippen LogP contribution < -0.4 is 0 Å². The number of carbonyl (C=O) groups excluding carboxylic acids is 1. The van der Waals surface area contributed by atoms with E-state index in [1.54, 1.807) is 13.0 Å². The number of hydrogen-bond donors (Lipinski definition) is 0. The third-order valence-electron chi connectivity index (χ3n) is 3.42. The average molecular weight is 442 g/mol. The van der Waals surface area contributed by atoms with E-state index in [1.165, 1.54) is 0 Å². The van der Waals surface area contributed by atoms with Gasteiger partial charge < -0.3 is 9.47 Å². The predicted molar refractivity (Wildman–Crippen MR) is 97.5 cm³/mol. The molecule has 0 aromatic heterocycles. The molecule has 3 rings (SSSR count). The van der Waals surface area contributed by atoms with Crippen molar-refractivity contribution in [3.05, 3.63) is 68.6 Å². The second-order valence-corrected chi connectivity index (χ2v) is 7.05. The normalized spacial score (nSPS) is 15.7. The van der Waals surface area contributed by atoms with E-state index in [9.17, 15) is 4.79 Å². The summed E-state index contributed by atoms with van der Waals surface area (Å²) in [5, 5.41) is 0. The van der Waals surface area contributed by atoms with Gasteiger partial charge in [0.15, 0.2) is 11.6 Å². The molecule has 1 saturated heterocycles. The Bertz CT molecular complexity index is 679. The second kappa shape index (κ2) is 8.20. The zero-order chi connectivity index (χ0) is 16.9. The molecule has 23 heavy (non-hydrogen) atoms. The van der Waals surface area contributed by atoms with Gasteiger partial charge in [-0.25, -0.2) is 0 Å². The average Bonchev–Trinajstić information content (AvgIpc) is 2.96. The van der Waals surface area contributed by atoms with Gasteiger partial charge >= 0.3 is 0 Å². The zero-order valence-electron chi connectivity index (χ0n) is 13.0. The van der Waals surface area contributed by atoms with Crippen LogP contribution in [0, 0.1) is 0 Å². The molecule has 0 spiro atoms. The maximum Gasteiger partial charge on any atom is 0.192 e. The van der Waals surface area contributed by atoms with Gasteiger partial charge in [-0.1, -0.05) is 56.1 Å². The number of ketones is 1. The number of ether oxygens (including phenoxy) is 2. The molecule has 0 atom stereocenters. The van der Waals surface area contributed by atoms with Crippen molar-refractivity contribution < 1.29 is 14.3 Å². The first-order valence-corrected chi connectivity index (χ1v) is 8.80. The summed E-state index contributed by atoms with van der Waals surface area (Å²) in [6, 6.07) is 15.3. The van der Waals surface area contributed by atoms with Crippen LogP contribution in [-0.4, -0.2) is 19.0 Å². The number of Topliss-reactive ketones (excluding diaryl/α,β-unsaturated/α-hetero) is 1. The van der Waals surface area contributed by atoms with Crippen LogP contribution in [0.3, 0.4) is 0 Å². The Kier molecular flexibility index (Phi) is 6.53. The van der Waals surface area contributed by atoms with Crippen LogP contribution in [0.5, 0.6) is 0 Å². The van der Waals surface area contributed by atoms with Gasteiger partial charge in [-0.15, -0.1) is 0 Å². The molecule has 0 radical (unpaired) electrons. The van der Waals surface area contributed by atoms with E-state index in [1.807, 2.05) is 49.4 Å². The highest BCUT2D eigenvalue weighted by Crippen LogP contribution is 2.31. The standard InChI is InChI=1S/C10H11BrO2.C8H7BrO/c1-10(12-5-6-13-10)8-3-2-4-9(11)7-8;1-6(10)7-3-2-4-8(9)5-7/h2-4,7H,5-6H2,1H3;2-5H,1H3. The van der Waals surface area contributed by atoms with Crippen molar-refractivity contribution in [2.45, 2.75) is 19.6 Å². The topological polar surface area (TPSA) is 35.5 Å². The van der Waals surface area contributed by atoms with E-state index >= 15 is 0 Å². The van der Waals surface area contributed by atoms with Crippen molar-refractivity contribution in [1.29, 1.82) is 0 Å². The van der Waals surface area contributed by atoms with Crippen LogP contribution in [0.15, 0.2) is 57.5 Å². The van der Waals surface area contributed by atoms with E-state index in [-0.39, 0.29) is 5.78 Å². The van der Waals surface area contributed by atoms with E-state index in [0.29, 0.717) is 13.2 Å². The molecule has 2 aromatic rings. The van der Waals surface area contributed by atoms with E-state index < -0.39 is 5.79 Å². The monoisotopic (exact) mass is 440 g/mol. The minimum absolute atomic E-state index is 0.0984. The Morgan fingerprint density at radius 1 is 1.00 bits per heavy atom. The fourth-order valence-electron chi connectivity index (χ4n) is 2.16. The number of rotatable bonds is 2. The molecule has 0 N–H and O–H groups in total. The first kappa shape index (κ1) is 18.3. The summed E-state index contributed by atoms with van der Waals surface area (Å²) in [5.74, 6) is -0.453. The van der Waals surface area contributed by atoms with Gasteiger partial charge in [-0.3, -0.25) is 4.79 Å². The van der Waals surface area contributed by atoms with E-state index in [4.69, 9.17) is 9.47 Å². The number of benzene rings is 2. The summed E-state index contributed by atoms with van der Waals surface area (Å²) in [6.45, 7) is 4.84. The molecule has 1 fully saturated rings. The molecule has 5 heteroatoms. The third-order valence-corrected chi connectivity index (χ3v) is 4.40. The highest BCUT2D eigenvalue weighted by molar-refractivity contribution is 9.10. The Balaban J connectivity index is 0.000000174. The first-order valence-electron chi connectivity index (χ1n) is 7.21. The van der Waals surface area contributed by atoms with Gasteiger partial charge in [0.25, 0.3) is 0 Å². The smallest absolute Gasteiger partial charge is 0.192 e. The summed E-state index contributed by atoms with van der Waals surface area (Å²) in [4.78, 5) is 10.8. The van der Waals surface area contributed by atoms with Gasteiger partial charge in [0.1, 0.15) is 0 Å². The SMILES string of the molecule is CC(=O)c1cccc(Br)c1.CC1(c2cccc(Br)c2)OCCO1. The Hall–Kier alpha value is -1.01. The molecule has 1 aliphatic rings. The van der Waals surface area contributed by atoms with Crippen LogP contribution in [0.25, 0.3) is 0 Å². The quantitative estimate of drug-likeness (QED) is 0.591. The predicted octanol–water partition coefficient (Wildman–Crippen LogP) is 5.32. The summed E-state index contributed by atoms with van der Waals surface area (Å²) in [7, 11) is 0. The van der Waals surface area contributed by atoms with Crippen molar-refractivity contribution >= 4 is 37.6 Å². The van der Waals surface area contributed by atoms with E-state index in [0.717, 1.165) is 20.1 Å². The second-order valence-electron chi connectivity index (χ2n) is 5.22. The molecule has 0 unspecified atom stereocenters. The lowest BCUT2D eigenvalue weighted by Gasteiger charge is -2.22. The van der Waals surface area contributed by atoms with Crippen molar-refractivity contribution in [3.63, 3.8) is 0 Å². The van der Waals surface area contributed by atoms with Gasteiger partial charge in [0.05, 0.1) is 13.2 Å². The highest BCUT2D eigenvalue weighted by Gasteiger charge is 2.32. The molecule has 3 nitrogen and oxygen atoms in total.